The molecule has 20 heavy (non-hydrogen) atoms. The summed E-state index contributed by atoms with van der Waals surface area (Å²) in [4.78, 5) is 15.6. The molecule has 0 unspecified atom stereocenters. The van der Waals surface area contributed by atoms with Gasteiger partial charge in [0.25, 0.3) is 0 Å². The molecule has 1 aromatic rings. The number of carbonyl (C=O) groups excluding carboxylic acids is 1. The average Bonchev–Trinajstić information content (AvgIpc) is 2.42. The van der Waals surface area contributed by atoms with Crippen LogP contribution in [0.15, 0.2) is 41.4 Å². The summed E-state index contributed by atoms with van der Waals surface area (Å²) in [5.74, 6) is -0.00863. The number of guanidine groups is 1. The van der Waals surface area contributed by atoms with Crippen molar-refractivity contribution in [2.75, 3.05) is 13.7 Å². The fraction of sp³-hybridized carbons (Fsp3) is 0.286. The van der Waals surface area contributed by atoms with E-state index in [-0.39, 0.29) is 29.9 Å². The van der Waals surface area contributed by atoms with Crippen LogP contribution in [0.25, 0.3) is 0 Å². The van der Waals surface area contributed by atoms with Crippen molar-refractivity contribution in [2.45, 2.75) is 13.5 Å². The molecule has 0 aliphatic carbocycles. The maximum Gasteiger partial charge on any atom is 0.337 e. The number of aliphatic imine (C=N–C) groups is 1. The second-order valence-corrected chi connectivity index (χ2v) is 4.20. The zero-order valence-electron chi connectivity index (χ0n) is 11.7. The molecule has 0 radical (unpaired) electrons. The van der Waals surface area contributed by atoms with Gasteiger partial charge in [0, 0.05) is 6.54 Å². The van der Waals surface area contributed by atoms with Crippen molar-refractivity contribution in [3.63, 3.8) is 0 Å². The average molecular weight is 389 g/mol. The van der Waals surface area contributed by atoms with Gasteiger partial charge in [-0.2, -0.15) is 0 Å². The summed E-state index contributed by atoms with van der Waals surface area (Å²) in [5.41, 5.74) is 8.07. The minimum Gasteiger partial charge on any atom is -0.465 e. The molecular weight excluding hydrogens is 369 g/mol. The summed E-state index contributed by atoms with van der Waals surface area (Å²) in [6.45, 7) is 6.66. The monoisotopic (exact) mass is 389 g/mol. The summed E-state index contributed by atoms with van der Waals surface area (Å²) in [5, 5.41) is 2.94. The third kappa shape index (κ3) is 6.55. The van der Waals surface area contributed by atoms with E-state index in [1.807, 2.05) is 13.0 Å². The van der Waals surface area contributed by atoms with Gasteiger partial charge in [0.2, 0.25) is 0 Å². The zero-order valence-corrected chi connectivity index (χ0v) is 14.0. The van der Waals surface area contributed by atoms with Crippen LogP contribution < -0.4 is 11.1 Å². The molecule has 1 aromatic carbocycles. The molecule has 0 bridgehead atoms. The van der Waals surface area contributed by atoms with Gasteiger partial charge < -0.3 is 15.8 Å². The lowest BCUT2D eigenvalue weighted by Crippen LogP contribution is -2.32. The predicted octanol–water partition coefficient (Wildman–Crippen LogP) is 2.07. The number of rotatable bonds is 5. The van der Waals surface area contributed by atoms with Crippen molar-refractivity contribution in [2.24, 2.45) is 10.7 Å². The fourth-order valence-corrected chi connectivity index (χ4v) is 1.39. The fourth-order valence-electron chi connectivity index (χ4n) is 1.39. The Hall–Kier alpha value is -1.57. The van der Waals surface area contributed by atoms with Gasteiger partial charge in [-0.3, -0.25) is 0 Å². The Morgan fingerprint density at radius 1 is 1.50 bits per heavy atom. The van der Waals surface area contributed by atoms with Gasteiger partial charge in [-0.1, -0.05) is 24.3 Å². The maximum atomic E-state index is 11.4. The number of hydrogen-bond donors (Lipinski definition) is 2. The van der Waals surface area contributed by atoms with Crippen molar-refractivity contribution >= 4 is 35.9 Å². The van der Waals surface area contributed by atoms with E-state index in [1.54, 1.807) is 18.2 Å². The molecule has 0 spiro atoms. The largest absolute Gasteiger partial charge is 0.465 e. The SMILES string of the molecule is C=C(C)CNC(N)=NCc1cccc(C(=O)OC)c1.I. The topological polar surface area (TPSA) is 76.7 Å². The summed E-state index contributed by atoms with van der Waals surface area (Å²) in [6.07, 6.45) is 0. The third-order valence-electron chi connectivity index (χ3n) is 2.35. The molecule has 0 atom stereocenters. The molecular formula is C14H20IN3O2. The first-order valence-electron chi connectivity index (χ1n) is 5.88. The number of esters is 1. The number of nitrogens with one attached hydrogen (secondary N) is 1. The van der Waals surface area contributed by atoms with Crippen molar-refractivity contribution in [3.8, 4) is 0 Å². The van der Waals surface area contributed by atoms with Gasteiger partial charge in [-0.15, -0.1) is 24.0 Å². The van der Waals surface area contributed by atoms with Gasteiger partial charge in [0.05, 0.1) is 19.2 Å². The number of benzene rings is 1. The van der Waals surface area contributed by atoms with Gasteiger partial charge in [-0.25, -0.2) is 9.79 Å². The van der Waals surface area contributed by atoms with E-state index >= 15 is 0 Å². The maximum absolute atomic E-state index is 11.4. The molecule has 3 N–H and O–H groups in total. The van der Waals surface area contributed by atoms with E-state index < -0.39 is 0 Å². The lowest BCUT2D eigenvalue weighted by molar-refractivity contribution is 0.0600. The molecule has 0 saturated carbocycles. The van der Waals surface area contributed by atoms with Crippen LogP contribution in [0, 0.1) is 0 Å². The first-order valence-corrected chi connectivity index (χ1v) is 5.88. The van der Waals surface area contributed by atoms with E-state index in [9.17, 15) is 4.79 Å². The van der Waals surface area contributed by atoms with Crippen LogP contribution in [0.4, 0.5) is 0 Å². The van der Waals surface area contributed by atoms with E-state index in [1.165, 1.54) is 7.11 Å². The Morgan fingerprint density at radius 2 is 2.20 bits per heavy atom. The van der Waals surface area contributed by atoms with Crippen molar-refractivity contribution < 1.29 is 9.53 Å². The van der Waals surface area contributed by atoms with Crippen molar-refractivity contribution in [3.05, 3.63) is 47.5 Å². The Balaban J connectivity index is 0.00000361. The van der Waals surface area contributed by atoms with E-state index in [2.05, 4.69) is 21.6 Å². The zero-order chi connectivity index (χ0) is 14.3. The van der Waals surface area contributed by atoms with E-state index in [0.717, 1.165) is 11.1 Å². The van der Waals surface area contributed by atoms with Gasteiger partial charge in [0.15, 0.2) is 5.96 Å². The quantitative estimate of drug-likeness (QED) is 0.266. The smallest absolute Gasteiger partial charge is 0.337 e. The predicted molar refractivity (Wildman–Crippen MR) is 91.3 cm³/mol. The Kier molecular flexibility index (Phi) is 8.62. The standard InChI is InChI=1S/C14H19N3O2.HI/c1-10(2)8-16-14(15)17-9-11-5-4-6-12(7-11)13(18)19-3;/h4-7H,1,8-9H2,2-3H3,(H3,15,16,17);1H. The van der Waals surface area contributed by atoms with Crippen LogP contribution in [0.5, 0.6) is 0 Å². The van der Waals surface area contributed by atoms with Gasteiger partial charge in [0.1, 0.15) is 0 Å². The highest BCUT2D eigenvalue weighted by Crippen LogP contribution is 2.07. The molecule has 0 saturated heterocycles. The van der Waals surface area contributed by atoms with Crippen LogP contribution in [0.2, 0.25) is 0 Å². The van der Waals surface area contributed by atoms with Crippen molar-refractivity contribution in [1.29, 1.82) is 0 Å². The van der Waals surface area contributed by atoms with Crippen LogP contribution in [-0.2, 0) is 11.3 Å². The van der Waals surface area contributed by atoms with Gasteiger partial charge in [-0.05, 0) is 24.6 Å². The number of ether oxygens (including phenoxy) is 1. The number of methoxy groups -OCH3 is 1. The van der Waals surface area contributed by atoms with Crippen LogP contribution in [0.3, 0.4) is 0 Å². The highest BCUT2D eigenvalue weighted by Gasteiger charge is 2.05. The van der Waals surface area contributed by atoms with E-state index in [0.29, 0.717) is 24.6 Å². The number of halogens is 1. The lowest BCUT2D eigenvalue weighted by atomic mass is 10.1. The Morgan fingerprint density at radius 3 is 2.80 bits per heavy atom. The second kappa shape index (κ2) is 9.35. The Labute approximate surface area is 136 Å². The molecule has 0 heterocycles. The van der Waals surface area contributed by atoms with Crippen molar-refractivity contribution in [1.82, 2.24) is 5.32 Å². The Bertz CT molecular complexity index is 501. The molecule has 0 aliphatic heterocycles. The summed E-state index contributed by atoms with van der Waals surface area (Å²) in [6, 6.07) is 7.10. The number of nitrogens with zero attached hydrogens (tertiary/aromatic N) is 1. The molecule has 1 rings (SSSR count). The van der Waals surface area contributed by atoms with Gasteiger partial charge >= 0.3 is 5.97 Å². The van der Waals surface area contributed by atoms with Crippen LogP contribution >= 0.6 is 24.0 Å². The number of hydrogen-bond acceptors (Lipinski definition) is 3. The summed E-state index contributed by atoms with van der Waals surface area (Å²) in [7, 11) is 1.35. The first kappa shape index (κ1) is 18.4. The lowest BCUT2D eigenvalue weighted by Gasteiger charge is -2.05. The molecule has 0 fully saturated rings. The van der Waals surface area contributed by atoms with Crippen LogP contribution in [0.1, 0.15) is 22.8 Å². The second-order valence-electron chi connectivity index (χ2n) is 4.20. The van der Waals surface area contributed by atoms with Crippen LogP contribution in [-0.4, -0.2) is 25.6 Å². The number of nitrogens with two attached hydrogens (primary N) is 1. The molecule has 0 aliphatic rings. The third-order valence-corrected chi connectivity index (χ3v) is 2.35. The minimum atomic E-state index is -0.362. The molecule has 110 valence electrons. The normalized spacial score (nSPS) is 10.4. The highest BCUT2D eigenvalue weighted by atomic mass is 127. The molecule has 5 nitrogen and oxygen atoms in total. The van der Waals surface area contributed by atoms with E-state index in [4.69, 9.17) is 5.73 Å². The highest BCUT2D eigenvalue weighted by molar-refractivity contribution is 14.0. The summed E-state index contributed by atoms with van der Waals surface area (Å²) >= 11 is 0. The molecule has 0 aromatic heterocycles. The molecule has 6 heteroatoms. The minimum absolute atomic E-state index is 0. The number of carbonyl (C=O) groups is 1. The first-order chi connectivity index (χ1) is 9.02. The summed E-state index contributed by atoms with van der Waals surface area (Å²) < 4.78 is 4.66. The molecule has 0 amide bonds.